The van der Waals surface area contributed by atoms with Gasteiger partial charge in [0, 0.05) is 31.4 Å². The Labute approximate surface area is 130 Å². The lowest BCUT2D eigenvalue weighted by Crippen LogP contribution is -2.33. The fraction of sp³-hybridized carbons (Fsp3) is 0.722. The van der Waals surface area contributed by atoms with Crippen LogP contribution in [0.15, 0.2) is 18.3 Å². The number of pyridine rings is 1. The lowest BCUT2D eigenvalue weighted by atomic mass is 10.1. The highest BCUT2D eigenvalue weighted by Crippen LogP contribution is 2.19. The first kappa shape index (κ1) is 16.4. The highest BCUT2D eigenvalue weighted by Gasteiger charge is 2.20. The lowest BCUT2D eigenvalue weighted by Gasteiger charge is -2.28. The molecule has 1 heterocycles. The van der Waals surface area contributed by atoms with Crippen molar-refractivity contribution in [2.24, 2.45) is 0 Å². The third kappa shape index (κ3) is 5.76. The van der Waals surface area contributed by atoms with Crippen LogP contribution in [0.25, 0.3) is 0 Å². The number of aromatic nitrogens is 1. The van der Waals surface area contributed by atoms with Crippen LogP contribution in [-0.4, -0.2) is 28.5 Å². The van der Waals surface area contributed by atoms with Crippen molar-refractivity contribution in [1.82, 2.24) is 15.2 Å². The maximum absolute atomic E-state index is 4.66. The zero-order valence-electron chi connectivity index (χ0n) is 13.9. The van der Waals surface area contributed by atoms with Crippen molar-refractivity contribution in [1.29, 1.82) is 0 Å². The smallest absolute Gasteiger partial charge is 0.0544 e. The zero-order valence-corrected chi connectivity index (χ0v) is 13.9. The van der Waals surface area contributed by atoms with Gasteiger partial charge in [-0.2, -0.15) is 0 Å². The Morgan fingerprint density at radius 2 is 2.14 bits per heavy atom. The van der Waals surface area contributed by atoms with Crippen LogP contribution in [0.3, 0.4) is 0 Å². The number of unbranched alkanes of at least 4 members (excludes halogenated alkanes) is 1. The summed E-state index contributed by atoms with van der Waals surface area (Å²) in [4.78, 5) is 7.22. The van der Waals surface area contributed by atoms with Crippen molar-refractivity contribution in [2.75, 3.05) is 6.54 Å². The minimum atomic E-state index is 0.634. The molecule has 1 fully saturated rings. The van der Waals surface area contributed by atoms with Gasteiger partial charge in [0.25, 0.3) is 0 Å². The first-order valence-corrected chi connectivity index (χ1v) is 8.64. The van der Waals surface area contributed by atoms with Crippen LogP contribution in [0, 0.1) is 0 Å². The Bertz CT molecular complexity index is 397. The lowest BCUT2D eigenvalue weighted by molar-refractivity contribution is 0.190. The standard InChI is InChI=1S/C18H31N3/c1-4-6-11-21(15(3)5-2)14-18-8-7-16(13-20-18)12-19-17-9-10-17/h7-8,13,15,17,19H,4-6,9-12,14H2,1-3H3. The van der Waals surface area contributed by atoms with E-state index in [1.54, 1.807) is 0 Å². The van der Waals surface area contributed by atoms with Gasteiger partial charge in [0.1, 0.15) is 0 Å². The summed E-state index contributed by atoms with van der Waals surface area (Å²) >= 11 is 0. The van der Waals surface area contributed by atoms with Crippen LogP contribution in [0.4, 0.5) is 0 Å². The van der Waals surface area contributed by atoms with Crippen LogP contribution in [0.1, 0.15) is 64.1 Å². The summed E-state index contributed by atoms with van der Waals surface area (Å²) < 4.78 is 0. The van der Waals surface area contributed by atoms with Crippen LogP contribution in [-0.2, 0) is 13.1 Å². The highest BCUT2D eigenvalue weighted by molar-refractivity contribution is 5.14. The molecule has 0 saturated heterocycles. The summed E-state index contributed by atoms with van der Waals surface area (Å²) in [5.41, 5.74) is 2.50. The van der Waals surface area contributed by atoms with Crippen LogP contribution >= 0.6 is 0 Å². The molecule has 21 heavy (non-hydrogen) atoms. The van der Waals surface area contributed by atoms with E-state index in [-0.39, 0.29) is 0 Å². The number of nitrogens with one attached hydrogen (secondary N) is 1. The highest BCUT2D eigenvalue weighted by atomic mass is 15.2. The summed E-state index contributed by atoms with van der Waals surface area (Å²) in [6, 6.07) is 5.83. The fourth-order valence-electron chi connectivity index (χ4n) is 2.49. The third-order valence-electron chi connectivity index (χ3n) is 4.44. The molecule has 3 heteroatoms. The number of nitrogens with zero attached hydrogens (tertiary/aromatic N) is 2. The zero-order chi connectivity index (χ0) is 15.1. The minimum absolute atomic E-state index is 0.634. The molecule has 1 saturated carbocycles. The van der Waals surface area contributed by atoms with Crippen molar-refractivity contribution < 1.29 is 0 Å². The molecule has 1 aromatic heterocycles. The topological polar surface area (TPSA) is 28.2 Å². The molecule has 1 aliphatic rings. The molecule has 0 radical (unpaired) electrons. The van der Waals surface area contributed by atoms with Crippen molar-refractivity contribution in [2.45, 2.75) is 78.0 Å². The van der Waals surface area contributed by atoms with Gasteiger partial charge in [-0.25, -0.2) is 0 Å². The Hall–Kier alpha value is -0.930. The molecule has 118 valence electrons. The second kappa shape index (κ2) is 8.50. The fourth-order valence-corrected chi connectivity index (χ4v) is 2.49. The Morgan fingerprint density at radius 3 is 2.71 bits per heavy atom. The van der Waals surface area contributed by atoms with Crippen molar-refractivity contribution in [3.8, 4) is 0 Å². The first-order valence-electron chi connectivity index (χ1n) is 8.64. The Balaban J connectivity index is 1.86. The van der Waals surface area contributed by atoms with Gasteiger partial charge in [0.15, 0.2) is 0 Å². The molecular weight excluding hydrogens is 258 g/mol. The maximum Gasteiger partial charge on any atom is 0.0544 e. The van der Waals surface area contributed by atoms with Gasteiger partial charge in [-0.05, 0) is 50.8 Å². The van der Waals surface area contributed by atoms with Gasteiger partial charge in [-0.1, -0.05) is 26.3 Å². The SMILES string of the molecule is CCCCN(Cc1ccc(CNC2CC2)cn1)C(C)CC. The summed E-state index contributed by atoms with van der Waals surface area (Å²) in [5.74, 6) is 0. The molecular formula is C18H31N3. The Morgan fingerprint density at radius 1 is 1.33 bits per heavy atom. The molecule has 1 N–H and O–H groups in total. The number of hydrogen-bond acceptors (Lipinski definition) is 3. The summed E-state index contributed by atoms with van der Waals surface area (Å²) in [6.07, 6.45) is 8.45. The van der Waals surface area contributed by atoms with Crippen molar-refractivity contribution in [3.63, 3.8) is 0 Å². The van der Waals surface area contributed by atoms with Gasteiger partial charge in [0.05, 0.1) is 5.69 Å². The van der Waals surface area contributed by atoms with Gasteiger partial charge < -0.3 is 5.32 Å². The third-order valence-corrected chi connectivity index (χ3v) is 4.44. The summed E-state index contributed by atoms with van der Waals surface area (Å²) in [5, 5.41) is 3.54. The second-order valence-electron chi connectivity index (χ2n) is 6.39. The average Bonchev–Trinajstić information content (AvgIpc) is 3.34. The summed E-state index contributed by atoms with van der Waals surface area (Å²) in [7, 11) is 0. The average molecular weight is 289 g/mol. The quantitative estimate of drug-likeness (QED) is 0.711. The molecule has 1 aromatic rings. The van der Waals surface area contributed by atoms with Crippen molar-refractivity contribution >= 4 is 0 Å². The predicted octanol–water partition coefficient (Wildman–Crippen LogP) is 3.73. The Kier molecular flexibility index (Phi) is 6.65. The summed E-state index contributed by atoms with van der Waals surface area (Å²) in [6.45, 7) is 9.97. The van der Waals surface area contributed by atoms with E-state index in [9.17, 15) is 0 Å². The van der Waals surface area contributed by atoms with E-state index in [0.717, 1.165) is 19.1 Å². The molecule has 0 aliphatic heterocycles. The monoisotopic (exact) mass is 289 g/mol. The van der Waals surface area contributed by atoms with Crippen LogP contribution in [0.5, 0.6) is 0 Å². The first-order chi connectivity index (χ1) is 10.2. The van der Waals surface area contributed by atoms with Crippen LogP contribution < -0.4 is 5.32 Å². The normalized spacial score (nSPS) is 16.4. The van der Waals surface area contributed by atoms with Gasteiger partial charge in [-0.3, -0.25) is 9.88 Å². The molecule has 1 unspecified atom stereocenters. The molecule has 0 spiro atoms. The molecule has 1 atom stereocenters. The molecule has 0 aromatic carbocycles. The maximum atomic E-state index is 4.66. The minimum Gasteiger partial charge on any atom is -0.310 e. The van der Waals surface area contributed by atoms with E-state index < -0.39 is 0 Å². The van der Waals surface area contributed by atoms with Gasteiger partial charge >= 0.3 is 0 Å². The number of hydrogen-bond donors (Lipinski definition) is 1. The van der Waals surface area contributed by atoms with E-state index in [0.29, 0.717) is 6.04 Å². The largest absolute Gasteiger partial charge is 0.310 e. The van der Waals surface area contributed by atoms with Crippen LogP contribution in [0.2, 0.25) is 0 Å². The molecule has 3 nitrogen and oxygen atoms in total. The van der Waals surface area contributed by atoms with E-state index in [1.165, 1.54) is 49.9 Å². The predicted molar refractivity (Wildman–Crippen MR) is 89.2 cm³/mol. The van der Waals surface area contributed by atoms with E-state index in [1.807, 2.05) is 6.20 Å². The molecule has 0 amide bonds. The molecule has 1 aliphatic carbocycles. The van der Waals surface area contributed by atoms with Gasteiger partial charge in [-0.15, -0.1) is 0 Å². The van der Waals surface area contributed by atoms with Crippen molar-refractivity contribution in [3.05, 3.63) is 29.6 Å². The molecule has 0 bridgehead atoms. The van der Waals surface area contributed by atoms with Gasteiger partial charge in [0.2, 0.25) is 0 Å². The second-order valence-corrected chi connectivity index (χ2v) is 6.39. The van der Waals surface area contributed by atoms with E-state index >= 15 is 0 Å². The molecule has 2 rings (SSSR count). The van der Waals surface area contributed by atoms with E-state index in [4.69, 9.17) is 0 Å². The van der Waals surface area contributed by atoms with E-state index in [2.05, 4.69) is 48.1 Å². The number of rotatable bonds is 10.